The Morgan fingerprint density at radius 1 is 1.33 bits per heavy atom. The van der Waals surface area contributed by atoms with Gasteiger partial charge < -0.3 is 9.73 Å². The minimum Gasteiger partial charge on any atom is -0.461 e. The highest BCUT2D eigenvalue weighted by atomic mass is 16.3. The number of hydrogen-bond donors (Lipinski definition) is 1. The predicted molar refractivity (Wildman–Crippen MR) is 60.8 cm³/mol. The Hall–Kier alpha value is -1.28. The fourth-order valence-corrected chi connectivity index (χ4v) is 1.97. The number of hydrogen-bond acceptors (Lipinski definition) is 2. The summed E-state index contributed by atoms with van der Waals surface area (Å²) in [6, 6.07) is 9.00. The molecule has 0 unspecified atom stereocenters. The lowest BCUT2D eigenvalue weighted by Gasteiger charge is -2.01. The second-order valence-corrected chi connectivity index (χ2v) is 4.29. The molecule has 1 N–H and O–H groups in total. The average Bonchev–Trinajstić information content (AvgIpc) is 3.00. The van der Waals surface area contributed by atoms with Crippen LogP contribution in [0.25, 0.3) is 11.0 Å². The molecule has 0 aliphatic heterocycles. The average molecular weight is 201 g/mol. The van der Waals surface area contributed by atoms with Crippen LogP contribution in [0.15, 0.2) is 28.7 Å². The third kappa shape index (κ3) is 1.65. The number of rotatable bonds is 3. The van der Waals surface area contributed by atoms with Crippen LogP contribution in [-0.2, 0) is 6.54 Å². The first-order chi connectivity index (χ1) is 7.34. The van der Waals surface area contributed by atoms with E-state index in [2.05, 4.69) is 17.4 Å². The van der Waals surface area contributed by atoms with E-state index in [4.69, 9.17) is 4.42 Å². The number of aryl methyl sites for hydroxylation is 1. The number of para-hydroxylation sites is 1. The van der Waals surface area contributed by atoms with E-state index in [1.807, 2.05) is 19.1 Å². The predicted octanol–water partition coefficient (Wildman–Crippen LogP) is 2.99. The summed E-state index contributed by atoms with van der Waals surface area (Å²) in [5, 5.41) is 4.78. The first-order valence-electron chi connectivity index (χ1n) is 5.55. The van der Waals surface area contributed by atoms with Crippen molar-refractivity contribution in [2.75, 3.05) is 0 Å². The van der Waals surface area contributed by atoms with Crippen molar-refractivity contribution in [3.8, 4) is 0 Å². The van der Waals surface area contributed by atoms with E-state index in [1.165, 1.54) is 23.8 Å². The Kier molecular flexibility index (Phi) is 2.03. The lowest BCUT2D eigenvalue weighted by Crippen LogP contribution is -2.15. The van der Waals surface area contributed by atoms with Gasteiger partial charge in [-0.25, -0.2) is 0 Å². The molecule has 0 saturated heterocycles. The van der Waals surface area contributed by atoms with Crippen LogP contribution in [-0.4, -0.2) is 6.04 Å². The van der Waals surface area contributed by atoms with Gasteiger partial charge in [-0.1, -0.05) is 18.2 Å². The van der Waals surface area contributed by atoms with Crippen LogP contribution in [0.4, 0.5) is 0 Å². The number of nitrogens with one attached hydrogen (secondary N) is 1. The lowest BCUT2D eigenvalue weighted by atomic mass is 10.1. The Morgan fingerprint density at radius 2 is 2.13 bits per heavy atom. The molecule has 0 bridgehead atoms. The molecule has 1 aromatic carbocycles. The van der Waals surface area contributed by atoms with Crippen LogP contribution in [0, 0.1) is 6.92 Å². The zero-order valence-corrected chi connectivity index (χ0v) is 8.92. The van der Waals surface area contributed by atoms with E-state index in [-0.39, 0.29) is 0 Å². The molecule has 0 radical (unpaired) electrons. The number of furan rings is 1. The SMILES string of the molecule is Cc1oc2ccccc2c1CNC1CC1. The molecule has 2 heteroatoms. The maximum Gasteiger partial charge on any atom is 0.134 e. The highest BCUT2D eigenvalue weighted by molar-refractivity contribution is 5.82. The minimum absolute atomic E-state index is 0.748. The fourth-order valence-electron chi connectivity index (χ4n) is 1.97. The lowest BCUT2D eigenvalue weighted by molar-refractivity contribution is 0.565. The summed E-state index contributed by atoms with van der Waals surface area (Å²) in [7, 11) is 0. The van der Waals surface area contributed by atoms with Gasteiger partial charge in [0.15, 0.2) is 0 Å². The van der Waals surface area contributed by atoms with Crippen LogP contribution < -0.4 is 5.32 Å². The quantitative estimate of drug-likeness (QED) is 0.825. The minimum atomic E-state index is 0.748. The normalized spacial score (nSPS) is 16.1. The molecule has 1 saturated carbocycles. The zero-order valence-electron chi connectivity index (χ0n) is 8.92. The monoisotopic (exact) mass is 201 g/mol. The first kappa shape index (κ1) is 8.98. The highest BCUT2D eigenvalue weighted by Crippen LogP contribution is 2.26. The highest BCUT2D eigenvalue weighted by Gasteiger charge is 2.21. The molecule has 3 rings (SSSR count). The standard InChI is InChI=1S/C13H15NO/c1-9-12(8-14-10-6-7-10)11-4-2-3-5-13(11)15-9/h2-5,10,14H,6-8H2,1H3. The van der Waals surface area contributed by atoms with Crippen molar-refractivity contribution in [3.05, 3.63) is 35.6 Å². The van der Waals surface area contributed by atoms with Gasteiger partial charge >= 0.3 is 0 Å². The first-order valence-corrected chi connectivity index (χ1v) is 5.55. The molecule has 1 heterocycles. The summed E-state index contributed by atoms with van der Waals surface area (Å²) < 4.78 is 5.71. The van der Waals surface area contributed by atoms with Crippen molar-refractivity contribution >= 4 is 11.0 Å². The van der Waals surface area contributed by atoms with Crippen molar-refractivity contribution in [2.45, 2.75) is 32.4 Å². The van der Waals surface area contributed by atoms with E-state index < -0.39 is 0 Å². The summed E-state index contributed by atoms with van der Waals surface area (Å²) in [4.78, 5) is 0. The van der Waals surface area contributed by atoms with Gasteiger partial charge in [-0.15, -0.1) is 0 Å². The van der Waals surface area contributed by atoms with Crippen molar-refractivity contribution in [1.82, 2.24) is 5.32 Å². The van der Waals surface area contributed by atoms with Gasteiger partial charge in [0.2, 0.25) is 0 Å². The van der Waals surface area contributed by atoms with E-state index in [0.29, 0.717) is 0 Å². The van der Waals surface area contributed by atoms with Crippen LogP contribution in [0.1, 0.15) is 24.2 Å². The van der Waals surface area contributed by atoms with Crippen LogP contribution in [0.5, 0.6) is 0 Å². The smallest absolute Gasteiger partial charge is 0.134 e. The molecule has 0 amide bonds. The van der Waals surface area contributed by atoms with Gasteiger partial charge in [-0.05, 0) is 25.8 Å². The summed E-state index contributed by atoms with van der Waals surface area (Å²) in [5.41, 5.74) is 2.32. The maximum atomic E-state index is 5.71. The van der Waals surface area contributed by atoms with Crippen molar-refractivity contribution < 1.29 is 4.42 Å². The molecule has 2 aromatic rings. The Bertz CT molecular complexity index is 482. The summed E-state index contributed by atoms with van der Waals surface area (Å²) in [6.45, 7) is 2.98. The third-order valence-corrected chi connectivity index (χ3v) is 3.05. The van der Waals surface area contributed by atoms with Gasteiger partial charge in [0, 0.05) is 23.5 Å². The van der Waals surface area contributed by atoms with E-state index >= 15 is 0 Å². The molecule has 0 atom stereocenters. The van der Waals surface area contributed by atoms with Gasteiger partial charge in [0.25, 0.3) is 0 Å². The Labute approximate surface area is 89.3 Å². The van der Waals surface area contributed by atoms with Gasteiger partial charge in [0.1, 0.15) is 11.3 Å². The van der Waals surface area contributed by atoms with E-state index in [1.54, 1.807) is 0 Å². The molecule has 1 aliphatic rings. The largest absolute Gasteiger partial charge is 0.461 e. The van der Waals surface area contributed by atoms with Crippen LogP contribution in [0.3, 0.4) is 0 Å². The van der Waals surface area contributed by atoms with E-state index in [9.17, 15) is 0 Å². The van der Waals surface area contributed by atoms with Gasteiger partial charge in [-0.3, -0.25) is 0 Å². The Morgan fingerprint density at radius 3 is 2.93 bits per heavy atom. The second kappa shape index (κ2) is 3.38. The number of benzene rings is 1. The van der Waals surface area contributed by atoms with Gasteiger partial charge in [0.05, 0.1) is 0 Å². The Balaban J connectivity index is 1.95. The fraction of sp³-hybridized carbons (Fsp3) is 0.385. The zero-order chi connectivity index (χ0) is 10.3. The van der Waals surface area contributed by atoms with Crippen molar-refractivity contribution in [1.29, 1.82) is 0 Å². The summed E-state index contributed by atoms with van der Waals surface area (Å²) >= 11 is 0. The third-order valence-electron chi connectivity index (χ3n) is 3.05. The van der Waals surface area contributed by atoms with Crippen LogP contribution >= 0.6 is 0 Å². The van der Waals surface area contributed by atoms with Crippen molar-refractivity contribution in [3.63, 3.8) is 0 Å². The molecule has 0 spiro atoms. The summed E-state index contributed by atoms with van der Waals surface area (Å²) in [6.07, 6.45) is 2.66. The number of fused-ring (bicyclic) bond motifs is 1. The van der Waals surface area contributed by atoms with Gasteiger partial charge in [-0.2, -0.15) is 0 Å². The molecule has 2 nitrogen and oxygen atoms in total. The van der Waals surface area contributed by atoms with E-state index in [0.717, 1.165) is 23.9 Å². The molecule has 1 aliphatic carbocycles. The molecule has 1 fully saturated rings. The maximum absolute atomic E-state index is 5.71. The molecule has 1 aromatic heterocycles. The second-order valence-electron chi connectivity index (χ2n) is 4.29. The molecular weight excluding hydrogens is 186 g/mol. The topological polar surface area (TPSA) is 25.2 Å². The molecular formula is C13H15NO. The summed E-state index contributed by atoms with van der Waals surface area (Å²) in [5.74, 6) is 1.05. The van der Waals surface area contributed by atoms with Crippen molar-refractivity contribution in [2.24, 2.45) is 0 Å². The van der Waals surface area contributed by atoms with Crippen LogP contribution in [0.2, 0.25) is 0 Å². The molecule has 78 valence electrons. The molecule has 15 heavy (non-hydrogen) atoms.